The molecule has 0 aromatic carbocycles. The Balaban J connectivity index is 2.02. The van der Waals surface area contributed by atoms with Gasteiger partial charge in [-0.15, -0.1) is 0 Å². The zero-order valence-corrected chi connectivity index (χ0v) is 14.2. The van der Waals surface area contributed by atoms with Crippen LogP contribution in [0.3, 0.4) is 0 Å². The van der Waals surface area contributed by atoms with Crippen LogP contribution in [0.4, 0.5) is 0 Å². The number of carbonyl (C=O) groups is 2. The predicted molar refractivity (Wildman–Crippen MR) is 89.4 cm³/mol. The molecule has 2 heterocycles. The van der Waals surface area contributed by atoms with Crippen LogP contribution in [0.1, 0.15) is 39.0 Å². The van der Waals surface area contributed by atoms with Gasteiger partial charge in [-0.1, -0.05) is 19.2 Å². The molecule has 1 radical (unpaired) electrons. The van der Waals surface area contributed by atoms with Crippen molar-refractivity contribution in [1.29, 1.82) is 0 Å². The average molecular weight is 320 g/mol. The molecular weight excluding hydrogens is 293 g/mol. The van der Waals surface area contributed by atoms with Gasteiger partial charge < -0.3 is 14.4 Å². The van der Waals surface area contributed by atoms with E-state index in [4.69, 9.17) is 9.47 Å². The minimum Gasteiger partial charge on any atom is -0.353 e. The fourth-order valence-electron chi connectivity index (χ4n) is 3.12. The third-order valence-electron chi connectivity index (χ3n) is 4.32. The first-order chi connectivity index (χ1) is 11.1. The first kappa shape index (κ1) is 18.2. The Morgan fingerprint density at radius 1 is 1.48 bits per heavy atom. The first-order valence-electron chi connectivity index (χ1n) is 8.65. The van der Waals surface area contributed by atoms with Crippen LogP contribution in [0.25, 0.3) is 0 Å². The highest BCUT2D eigenvalue weighted by molar-refractivity contribution is 6.33. The molecule has 0 N–H and O–H groups in total. The fourth-order valence-corrected chi connectivity index (χ4v) is 3.12. The molecule has 2 rings (SSSR count). The summed E-state index contributed by atoms with van der Waals surface area (Å²) in [5.74, 6) is 0.0824. The van der Waals surface area contributed by atoms with Crippen LogP contribution in [0.5, 0.6) is 0 Å². The third kappa shape index (κ3) is 5.46. The number of amides is 1. The van der Waals surface area contributed by atoms with Gasteiger partial charge in [-0.3, -0.25) is 9.59 Å². The molecule has 2 aliphatic rings. The number of ether oxygens (including phenoxy) is 2. The highest BCUT2D eigenvalue weighted by atomic mass is 16.7. The van der Waals surface area contributed by atoms with E-state index in [0.717, 1.165) is 38.6 Å². The topological polar surface area (TPSA) is 55.8 Å². The van der Waals surface area contributed by atoms with Gasteiger partial charge in [-0.25, -0.2) is 0 Å². The lowest BCUT2D eigenvalue weighted by molar-refractivity contribution is -0.189. The number of hydrogen-bond donors (Lipinski definition) is 0. The lowest BCUT2D eigenvalue weighted by Crippen LogP contribution is -2.39. The highest BCUT2D eigenvalue weighted by Gasteiger charge is 2.40. The van der Waals surface area contributed by atoms with Gasteiger partial charge in [-0.2, -0.15) is 0 Å². The second kappa shape index (κ2) is 9.23. The Bertz CT molecular complexity index is 434. The van der Waals surface area contributed by atoms with E-state index in [2.05, 4.69) is 7.28 Å². The molecule has 2 aliphatic heterocycles. The lowest BCUT2D eigenvalue weighted by Gasteiger charge is -2.30. The van der Waals surface area contributed by atoms with Crippen molar-refractivity contribution in [3.8, 4) is 0 Å². The van der Waals surface area contributed by atoms with E-state index in [0.29, 0.717) is 13.0 Å². The van der Waals surface area contributed by atoms with E-state index in [1.54, 1.807) is 6.08 Å². The Hall–Kier alpha value is -1.14. The highest BCUT2D eigenvalue weighted by Crippen LogP contribution is 2.27. The maximum atomic E-state index is 12.4. The number of hydrogen-bond acceptors (Lipinski definition) is 4. The van der Waals surface area contributed by atoms with Crippen molar-refractivity contribution in [3.05, 3.63) is 12.2 Å². The normalized spacial score (nSPS) is 28.5. The zero-order chi connectivity index (χ0) is 16.7. The molecule has 2 fully saturated rings. The van der Waals surface area contributed by atoms with Crippen molar-refractivity contribution in [2.45, 2.75) is 70.6 Å². The predicted octanol–water partition coefficient (Wildman–Crippen LogP) is 2.21. The number of rotatable bonds is 8. The second-order valence-corrected chi connectivity index (χ2v) is 6.27. The summed E-state index contributed by atoms with van der Waals surface area (Å²) in [7, 11) is 2.10. The maximum absolute atomic E-state index is 12.4. The van der Waals surface area contributed by atoms with Crippen LogP contribution >= 0.6 is 0 Å². The van der Waals surface area contributed by atoms with E-state index in [9.17, 15) is 9.59 Å². The molecule has 1 amide bonds. The van der Waals surface area contributed by atoms with E-state index in [1.807, 2.05) is 17.8 Å². The van der Waals surface area contributed by atoms with Gasteiger partial charge in [-0.05, 0) is 38.7 Å². The van der Waals surface area contributed by atoms with E-state index < -0.39 is 0 Å². The summed E-state index contributed by atoms with van der Waals surface area (Å²) in [6.45, 7) is 4.95. The van der Waals surface area contributed by atoms with Crippen LogP contribution in [-0.2, 0) is 19.1 Å². The van der Waals surface area contributed by atoms with Crippen molar-refractivity contribution in [2.24, 2.45) is 0 Å². The minimum atomic E-state index is -0.230. The van der Waals surface area contributed by atoms with Gasteiger partial charge in [0.2, 0.25) is 5.91 Å². The van der Waals surface area contributed by atoms with Gasteiger partial charge >= 0.3 is 0 Å². The van der Waals surface area contributed by atoms with E-state index in [1.165, 1.54) is 6.92 Å². The summed E-state index contributed by atoms with van der Waals surface area (Å²) in [4.78, 5) is 25.5. The number of carbonyl (C=O) groups excluding carboxylic acids is 2. The molecule has 0 saturated carbocycles. The van der Waals surface area contributed by atoms with E-state index in [-0.39, 0.29) is 30.1 Å². The summed E-state index contributed by atoms with van der Waals surface area (Å²) >= 11 is 0. The number of nitrogens with zero attached hydrogens (tertiary/aromatic N) is 1. The van der Waals surface area contributed by atoms with Crippen molar-refractivity contribution in [1.82, 2.24) is 4.90 Å². The van der Waals surface area contributed by atoms with Gasteiger partial charge in [0.1, 0.15) is 7.28 Å². The van der Waals surface area contributed by atoms with Crippen LogP contribution in [-0.4, -0.2) is 55.5 Å². The maximum Gasteiger partial charge on any atom is 0.225 e. The van der Waals surface area contributed by atoms with Crippen LogP contribution < -0.4 is 0 Å². The number of allylic oxidation sites excluding steroid dienone is 1. The molecule has 127 valence electrons. The Kier molecular flexibility index (Phi) is 7.31. The molecule has 0 aromatic heterocycles. The number of ketones is 1. The quantitative estimate of drug-likeness (QED) is 0.391. The van der Waals surface area contributed by atoms with Crippen LogP contribution in [0.2, 0.25) is 13.1 Å². The Morgan fingerprint density at radius 2 is 2.30 bits per heavy atom. The Labute approximate surface area is 139 Å². The monoisotopic (exact) mass is 320 g/mol. The summed E-state index contributed by atoms with van der Waals surface area (Å²) < 4.78 is 11.7. The average Bonchev–Trinajstić information content (AvgIpc) is 2.82. The van der Waals surface area contributed by atoms with Gasteiger partial charge in [0, 0.05) is 13.2 Å². The summed E-state index contributed by atoms with van der Waals surface area (Å²) in [5, 5.41) is 0. The second-order valence-electron chi connectivity index (χ2n) is 6.27. The SMILES string of the molecule is C[B]CCCN1C(=O)C[C@@H](OC2CCCCO2)[C@@H]1/C=C/C(C)=O. The van der Waals surface area contributed by atoms with Crippen molar-refractivity contribution >= 4 is 19.0 Å². The van der Waals surface area contributed by atoms with Gasteiger partial charge in [0.25, 0.3) is 0 Å². The third-order valence-corrected chi connectivity index (χ3v) is 4.32. The largest absolute Gasteiger partial charge is 0.353 e. The van der Waals surface area contributed by atoms with Gasteiger partial charge in [0.05, 0.1) is 18.6 Å². The van der Waals surface area contributed by atoms with Crippen molar-refractivity contribution < 1.29 is 19.1 Å². The minimum absolute atomic E-state index is 0.0149. The smallest absolute Gasteiger partial charge is 0.225 e. The van der Waals surface area contributed by atoms with Crippen LogP contribution in [0.15, 0.2) is 12.2 Å². The molecule has 0 aliphatic carbocycles. The molecule has 0 bridgehead atoms. The summed E-state index contributed by atoms with van der Waals surface area (Å²) in [6, 6.07) is -0.172. The van der Waals surface area contributed by atoms with Crippen molar-refractivity contribution in [2.75, 3.05) is 13.2 Å². The van der Waals surface area contributed by atoms with Crippen LogP contribution in [0, 0.1) is 0 Å². The molecule has 0 aromatic rings. The van der Waals surface area contributed by atoms with Gasteiger partial charge in [0.15, 0.2) is 12.1 Å². The molecule has 2 saturated heterocycles. The molecule has 6 heteroatoms. The standard InChI is InChI=1S/C17H27BNO4/c1-13(20)7-8-14-15(23-17-6-3-4-11-22-17)12-16(21)19(14)10-5-9-18-2/h7-8,14-15,17H,3-6,9-12H2,1-2H3/b8-7+/t14-,15+,17?/m0/s1. The van der Waals surface area contributed by atoms with E-state index >= 15 is 0 Å². The molecular formula is C17H27BNO4. The Morgan fingerprint density at radius 3 is 2.96 bits per heavy atom. The lowest BCUT2D eigenvalue weighted by atomic mass is 9.77. The molecule has 1 unspecified atom stereocenters. The molecule has 23 heavy (non-hydrogen) atoms. The summed E-state index contributed by atoms with van der Waals surface area (Å²) in [5.41, 5.74) is 0. The molecule has 3 atom stereocenters. The van der Waals surface area contributed by atoms with Crippen molar-refractivity contribution in [3.63, 3.8) is 0 Å². The summed E-state index contributed by atoms with van der Waals surface area (Å²) in [6.07, 6.45) is 8.21. The molecule has 0 spiro atoms. The zero-order valence-electron chi connectivity index (χ0n) is 14.2. The number of likely N-dealkylation sites (tertiary alicyclic amines) is 1. The first-order valence-corrected chi connectivity index (χ1v) is 8.65. The fraction of sp³-hybridized carbons (Fsp3) is 0.765. The molecule has 5 nitrogen and oxygen atoms in total.